The zero-order valence-electron chi connectivity index (χ0n) is 18.3. The van der Waals surface area contributed by atoms with Gasteiger partial charge in [0.2, 0.25) is 5.91 Å². The maximum atomic E-state index is 12.4. The average Bonchev–Trinajstić information content (AvgIpc) is 3.22. The predicted octanol–water partition coefficient (Wildman–Crippen LogP) is 7.10. The Labute approximate surface area is 192 Å². The van der Waals surface area contributed by atoms with Crippen molar-refractivity contribution >= 4 is 39.2 Å². The Morgan fingerprint density at radius 3 is 2.72 bits per heavy atom. The first-order valence-corrected chi connectivity index (χ1v) is 11.6. The fraction of sp³-hybridized carbons (Fsp3) is 0.185. The highest BCUT2D eigenvalue weighted by atomic mass is 32.1. The molecule has 5 heteroatoms. The summed E-state index contributed by atoms with van der Waals surface area (Å²) in [6.07, 6.45) is 5.41. The number of aromatic nitrogens is 1. The molecule has 1 heterocycles. The first-order valence-electron chi connectivity index (χ1n) is 10.8. The minimum Gasteiger partial charge on any atom is -0.493 e. The average molecular weight is 443 g/mol. The van der Waals surface area contributed by atoms with E-state index in [0.29, 0.717) is 6.61 Å². The zero-order valence-corrected chi connectivity index (χ0v) is 19.1. The van der Waals surface area contributed by atoms with Crippen molar-refractivity contribution in [3.8, 4) is 16.3 Å². The number of amides is 1. The molecule has 4 nitrogen and oxygen atoms in total. The lowest BCUT2D eigenvalue weighted by atomic mass is 10.2. The largest absolute Gasteiger partial charge is 0.493 e. The number of ether oxygens (including phenoxy) is 1. The summed E-state index contributed by atoms with van der Waals surface area (Å²) in [5.74, 6) is 0.608. The number of nitrogens with zero attached hydrogens (tertiary/aromatic N) is 1. The van der Waals surface area contributed by atoms with Crippen LogP contribution in [0.4, 0.5) is 5.69 Å². The quantitative estimate of drug-likeness (QED) is 0.234. The number of hydrogen-bond acceptors (Lipinski definition) is 4. The summed E-state index contributed by atoms with van der Waals surface area (Å²) in [5, 5.41) is 3.89. The van der Waals surface area contributed by atoms with Crippen LogP contribution in [0.1, 0.15) is 30.9 Å². The summed E-state index contributed by atoms with van der Waals surface area (Å²) in [5.41, 5.74) is 4.91. The smallest absolute Gasteiger partial charge is 0.248 e. The lowest BCUT2D eigenvalue weighted by Gasteiger charge is -2.08. The Bertz CT molecular complexity index is 1240. The maximum Gasteiger partial charge on any atom is 0.248 e. The van der Waals surface area contributed by atoms with E-state index in [4.69, 9.17) is 9.72 Å². The van der Waals surface area contributed by atoms with E-state index in [1.165, 1.54) is 16.3 Å². The summed E-state index contributed by atoms with van der Waals surface area (Å²) in [4.78, 5) is 17.1. The van der Waals surface area contributed by atoms with Crippen LogP contribution in [0.25, 0.3) is 26.9 Å². The van der Waals surface area contributed by atoms with Gasteiger partial charge < -0.3 is 10.1 Å². The zero-order chi connectivity index (χ0) is 22.3. The lowest BCUT2D eigenvalue weighted by Crippen LogP contribution is -2.07. The third kappa shape index (κ3) is 5.42. The molecule has 1 amide bonds. The second-order valence-electron chi connectivity index (χ2n) is 7.63. The molecule has 4 rings (SSSR count). The minimum atomic E-state index is -0.184. The number of rotatable bonds is 8. The molecule has 1 aromatic heterocycles. The van der Waals surface area contributed by atoms with Gasteiger partial charge in [0.1, 0.15) is 10.8 Å². The number of thiazole rings is 1. The van der Waals surface area contributed by atoms with Crippen molar-refractivity contribution in [3.05, 3.63) is 83.9 Å². The van der Waals surface area contributed by atoms with Gasteiger partial charge >= 0.3 is 0 Å². The van der Waals surface area contributed by atoms with E-state index in [0.717, 1.165) is 45.9 Å². The van der Waals surface area contributed by atoms with Crippen LogP contribution < -0.4 is 10.1 Å². The number of aryl methyl sites for hydroxylation is 1. The lowest BCUT2D eigenvalue weighted by molar-refractivity contribution is -0.111. The standard InChI is InChI=1S/C27H26N2O2S/c1-3-4-17-31-24-8-6-5-7-20(24)12-16-26(30)28-22-13-10-21(11-14-22)27-29-23-15-9-19(2)18-25(23)32-27/h5-16,18H,3-4,17H2,1-2H3,(H,28,30)/b16-12+. The van der Waals surface area contributed by atoms with Gasteiger partial charge in [0, 0.05) is 22.9 Å². The van der Waals surface area contributed by atoms with Crippen molar-refractivity contribution in [2.75, 3.05) is 11.9 Å². The van der Waals surface area contributed by atoms with Crippen molar-refractivity contribution in [1.82, 2.24) is 4.98 Å². The number of anilines is 1. The summed E-state index contributed by atoms with van der Waals surface area (Å²) in [6.45, 7) is 4.89. The number of benzene rings is 3. The van der Waals surface area contributed by atoms with Gasteiger partial charge in [-0.15, -0.1) is 11.3 Å². The second-order valence-corrected chi connectivity index (χ2v) is 8.66. The van der Waals surface area contributed by atoms with Gasteiger partial charge in [-0.05, 0) is 67.4 Å². The molecule has 0 aliphatic rings. The van der Waals surface area contributed by atoms with Crippen LogP contribution in [-0.2, 0) is 4.79 Å². The molecule has 0 radical (unpaired) electrons. The Morgan fingerprint density at radius 1 is 1.09 bits per heavy atom. The van der Waals surface area contributed by atoms with Gasteiger partial charge in [0.05, 0.1) is 16.8 Å². The molecule has 0 fully saturated rings. The van der Waals surface area contributed by atoms with E-state index in [1.807, 2.05) is 48.5 Å². The van der Waals surface area contributed by atoms with Gasteiger partial charge in [-0.1, -0.05) is 37.6 Å². The van der Waals surface area contributed by atoms with Gasteiger partial charge in [-0.2, -0.15) is 0 Å². The number of carbonyl (C=O) groups is 1. The van der Waals surface area contributed by atoms with Crippen molar-refractivity contribution in [2.45, 2.75) is 26.7 Å². The first-order chi connectivity index (χ1) is 15.6. The van der Waals surface area contributed by atoms with Crippen molar-refractivity contribution in [3.63, 3.8) is 0 Å². The first kappa shape index (κ1) is 21.8. The van der Waals surface area contributed by atoms with Gasteiger partial charge in [0.25, 0.3) is 0 Å². The van der Waals surface area contributed by atoms with Crippen molar-refractivity contribution in [1.29, 1.82) is 0 Å². The van der Waals surface area contributed by atoms with E-state index < -0.39 is 0 Å². The molecule has 0 aliphatic carbocycles. The van der Waals surface area contributed by atoms with Crippen LogP contribution >= 0.6 is 11.3 Å². The monoisotopic (exact) mass is 442 g/mol. The Balaban J connectivity index is 1.41. The van der Waals surface area contributed by atoms with E-state index >= 15 is 0 Å². The highest BCUT2D eigenvalue weighted by Gasteiger charge is 2.07. The van der Waals surface area contributed by atoms with Crippen LogP contribution in [-0.4, -0.2) is 17.5 Å². The van der Waals surface area contributed by atoms with Gasteiger partial charge in [0.15, 0.2) is 0 Å². The molecule has 0 spiro atoms. The van der Waals surface area contributed by atoms with E-state index in [1.54, 1.807) is 17.4 Å². The Hall–Kier alpha value is -3.44. The number of hydrogen-bond donors (Lipinski definition) is 1. The number of carbonyl (C=O) groups excluding carboxylic acids is 1. The molecule has 0 bridgehead atoms. The second kappa shape index (κ2) is 10.2. The molecule has 0 aliphatic heterocycles. The van der Waals surface area contributed by atoms with Crippen LogP contribution in [0.2, 0.25) is 0 Å². The molecule has 3 aromatic carbocycles. The predicted molar refractivity (Wildman–Crippen MR) is 134 cm³/mol. The molecule has 0 atom stereocenters. The Morgan fingerprint density at radius 2 is 1.91 bits per heavy atom. The summed E-state index contributed by atoms with van der Waals surface area (Å²) in [7, 11) is 0. The summed E-state index contributed by atoms with van der Waals surface area (Å²) < 4.78 is 7.01. The number of para-hydroxylation sites is 1. The normalized spacial score (nSPS) is 11.2. The summed E-state index contributed by atoms with van der Waals surface area (Å²) in [6, 6.07) is 21.8. The molecular formula is C27H26N2O2S. The molecule has 32 heavy (non-hydrogen) atoms. The minimum absolute atomic E-state index is 0.184. The van der Waals surface area contributed by atoms with Crippen LogP contribution in [0.15, 0.2) is 72.8 Å². The molecule has 0 unspecified atom stereocenters. The number of unbranched alkanes of at least 4 members (excludes halogenated alkanes) is 1. The Kier molecular flexibility index (Phi) is 6.97. The fourth-order valence-corrected chi connectivity index (χ4v) is 4.35. The van der Waals surface area contributed by atoms with Gasteiger partial charge in [-0.3, -0.25) is 4.79 Å². The SMILES string of the molecule is CCCCOc1ccccc1/C=C/C(=O)Nc1ccc(-c2nc3ccc(C)cc3s2)cc1. The third-order valence-electron chi connectivity index (χ3n) is 5.03. The molecule has 1 N–H and O–H groups in total. The van der Waals surface area contributed by atoms with E-state index in [-0.39, 0.29) is 5.91 Å². The molecular weight excluding hydrogens is 416 g/mol. The maximum absolute atomic E-state index is 12.4. The van der Waals surface area contributed by atoms with Crippen LogP contribution in [0.5, 0.6) is 5.75 Å². The molecule has 4 aromatic rings. The third-order valence-corrected chi connectivity index (χ3v) is 6.10. The van der Waals surface area contributed by atoms with Crippen molar-refractivity contribution in [2.24, 2.45) is 0 Å². The molecule has 0 saturated heterocycles. The highest BCUT2D eigenvalue weighted by molar-refractivity contribution is 7.21. The number of fused-ring (bicyclic) bond motifs is 1. The van der Waals surface area contributed by atoms with E-state index in [9.17, 15) is 4.79 Å². The van der Waals surface area contributed by atoms with Crippen molar-refractivity contribution < 1.29 is 9.53 Å². The fourth-order valence-electron chi connectivity index (χ4n) is 3.28. The van der Waals surface area contributed by atoms with Crippen LogP contribution in [0, 0.1) is 6.92 Å². The summed E-state index contributed by atoms with van der Waals surface area (Å²) >= 11 is 1.68. The molecule has 162 valence electrons. The highest BCUT2D eigenvalue weighted by Crippen LogP contribution is 2.31. The molecule has 0 saturated carbocycles. The van der Waals surface area contributed by atoms with Crippen LogP contribution in [0.3, 0.4) is 0 Å². The van der Waals surface area contributed by atoms with E-state index in [2.05, 4.69) is 37.4 Å². The number of nitrogens with one attached hydrogen (secondary N) is 1. The topological polar surface area (TPSA) is 51.2 Å². The van der Waals surface area contributed by atoms with Gasteiger partial charge in [-0.25, -0.2) is 4.98 Å².